The van der Waals surface area contributed by atoms with Gasteiger partial charge in [-0.15, -0.1) is 0 Å². The number of furan rings is 1. The molecular formula is C14H15NO3. The van der Waals surface area contributed by atoms with Gasteiger partial charge in [0, 0.05) is 23.4 Å². The molecule has 0 radical (unpaired) electrons. The molecular weight excluding hydrogens is 230 g/mol. The highest BCUT2D eigenvalue weighted by atomic mass is 16.6. The van der Waals surface area contributed by atoms with Crippen LogP contribution in [0.2, 0.25) is 0 Å². The maximum absolute atomic E-state index is 11.0. The Morgan fingerprint density at radius 1 is 1.44 bits per heavy atom. The monoisotopic (exact) mass is 245 g/mol. The van der Waals surface area contributed by atoms with Gasteiger partial charge in [0.1, 0.15) is 5.58 Å². The van der Waals surface area contributed by atoms with E-state index in [1.165, 1.54) is 0 Å². The molecule has 0 aliphatic rings. The van der Waals surface area contributed by atoms with E-state index in [1.54, 1.807) is 12.3 Å². The molecule has 0 saturated carbocycles. The lowest BCUT2D eigenvalue weighted by Gasteiger charge is -2.01. The van der Waals surface area contributed by atoms with Crippen LogP contribution in [0.4, 0.5) is 0 Å². The Morgan fingerprint density at radius 3 is 2.83 bits per heavy atom. The minimum absolute atomic E-state index is 0.219. The Kier molecular flexibility index (Phi) is 3.46. The Balaban J connectivity index is 2.43. The van der Waals surface area contributed by atoms with Gasteiger partial charge in [-0.25, -0.2) is 0 Å². The average Bonchev–Trinajstić information content (AvgIpc) is 2.71. The van der Waals surface area contributed by atoms with E-state index in [2.05, 4.69) is 0 Å². The summed E-state index contributed by atoms with van der Waals surface area (Å²) in [6.07, 6.45) is 3.62. The lowest BCUT2D eigenvalue weighted by atomic mass is 10.1. The van der Waals surface area contributed by atoms with Crippen LogP contribution >= 0.6 is 0 Å². The van der Waals surface area contributed by atoms with Crippen molar-refractivity contribution in [1.82, 2.24) is 0 Å². The Labute approximate surface area is 105 Å². The van der Waals surface area contributed by atoms with E-state index in [9.17, 15) is 10.1 Å². The molecule has 1 aromatic heterocycles. The molecule has 0 N–H and O–H groups in total. The van der Waals surface area contributed by atoms with E-state index < -0.39 is 0 Å². The lowest BCUT2D eigenvalue weighted by Crippen LogP contribution is -2.02. The van der Waals surface area contributed by atoms with Crippen molar-refractivity contribution in [2.45, 2.75) is 20.3 Å². The van der Waals surface area contributed by atoms with Crippen LogP contribution in [0.25, 0.3) is 17.0 Å². The van der Waals surface area contributed by atoms with Crippen LogP contribution in [-0.4, -0.2) is 4.92 Å². The number of fused-ring (bicyclic) bond motifs is 1. The van der Waals surface area contributed by atoms with Gasteiger partial charge in [-0.3, -0.25) is 10.1 Å². The number of benzene rings is 1. The van der Waals surface area contributed by atoms with Crippen molar-refractivity contribution in [2.24, 2.45) is 5.92 Å². The fourth-order valence-corrected chi connectivity index (χ4v) is 1.89. The zero-order valence-electron chi connectivity index (χ0n) is 10.4. The molecule has 1 aromatic carbocycles. The zero-order valence-corrected chi connectivity index (χ0v) is 10.4. The number of nitrogens with zero attached hydrogens (tertiary/aromatic N) is 1. The SMILES string of the molecule is CC(C)C/C(=C/c1coc2ccccc12)[N+](=O)[O-]. The summed E-state index contributed by atoms with van der Waals surface area (Å²) in [4.78, 5) is 10.7. The van der Waals surface area contributed by atoms with Crippen LogP contribution in [-0.2, 0) is 0 Å². The van der Waals surface area contributed by atoms with Crippen LogP contribution in [0.1, 0.15) is 25.8 Å². The Bertz CT molecular complexity index is 596. The first-order valence-electron chi connectivity index (χ1n) is 5.89. The Morgan fingerprint density at radius 2 is 2.17 bits per heavy atom. The van der Waals surface area contributed by atoms with E-state index in [0.717, 1.165) is 16.5 Å². The van der Waals surface area contributed by atoms with Gasteiger partial charge in [0.2, 0.25) is 5.70 Å². The van der Waals surface area contributed by atoms with Gasteiger partial charge in [0.05, 0.1) is 11.2 Å². The lowest BCUT2D eigenvalue weighted by molar-refractivity contribution is -0.427. The van der Waals surface area contributed by atoms with Gasteiger partial charge in [-0.05, 0) is 12.0 Å². The van der Waals surface area contributed by atoms with Gasteiger partial charge in [-0.2, -0.15) is 0 Å². The number of hydrogen-bond donors (Lipinski definition) is 0. The second-order valence-electron chi connectivity index (χ2n) is 4.68. The van der Waals surface area contributed by atoms with Crippen LogP contribution in [0.3, 0.4) is 0 Å². The number of allylic oxidation sites excluding steroid dienone is 1. The topological polar surface area (TPSA) is 56.3 Å². The van der Waals surface area contributed by atoms with Crippen LogP contribution in [0.5, 0.6) is 0 Å². The molecule has 0 fully saturated rings. The van der Waals surface area contributed by atoms with Crippen molar-refractivity contribution in [3.05, 3.63) is 51.9 Å². The molecule has 0 unspecified atom stereocenters. The summed E-state index contributed by atoms with van der Waals surface area (Å²) in [5.74, 6) is 0.250. The third-order valence-corrected chi connectivity index (χ3v) is 2.68. The second-order valence-corrected chi connectivity index (χ2v) is 4.68. The first kappa shape index (κ1) is 12.4. The summed E-state index contributed by atoms with van der Waals surface area (Å²) in [6.45, 7) is 3.93. The normalized spacial score (nSPS) is 12.3. The predicted octanol–water partition coefficient (Wildman–Crippen LogP) is 4.10. The van der Waals surface area contributed by atoms with E-state index in [-0.39, 0.29) is 16.5 Å². The predicted molar refractivity (Wildman–Crippen MR) is 70.6 cm³/mol. The molecule has 2 rings (SSSR count). The number of nitro groups is 1. The van der Waals surface area contributed by atoms with Gasteiger partial charge >= 0.3 is 0 Å². The molecule has 18 heavy (non-hydrogen) atoms. The Hall–Kier alpha value is -2.10. The molecule has 1 heterocycles. The van der Waals surface area contributed by atoms with E-state index in [1.807, 2.05) is 38.1 Å². The minimum Gasteiger partial charge on any atom is -0.464 e. The minimum atomic E-state index is -0.318. The van der Waals surface area contributed by atoms with Crippen LogP contribution < -0.4 is 0 Å². The molecule has 94 valence electrons. The quantitative estimate of drug-likeness (QED) is 0.602. The fourth-order valence-electron chi connectivity index (χ4n) is 1.89. The van der Waals surface area contributed by atoms with E-state index in [0.29, 0.717) is 6.42 Å². The summed E-state index contributed by atoms with van der Waals surface area (Å²) in [7, 11) is 0. The summed E-state index contributed by atoms with van der Waals surface area (Å²) in [5, 5.41) is 11.9. The van der Waals surface area contributed by atoms with Crippen molar-refractivity contribution >= 4 is 17.0 Å². The number of hydrogen-bond acceptors (Lipinski definition) is 3. The highest BCUT2D eigenvalue weighted by Gasteiger charge is 2.14. The van der Waals surface area contributed by atoms with E-state index in [4.69, 9.17) is 4.42 Å². The molecule has 2 aromatic rings. The summed E-state index contributed by atoms with van der Waals surface area (Å²) >= 11 is 0. The molecule has 0 amide bonds. The van der Waals surface area contributed by atoms with Gasteiger partial charge in [0.15, 0.2) is 0 Å². The highest BCUT2D eigenvalue weighted by Crippen LogP contribution is 2.24. The third kappa shape index (κ3) is 2.59. The average molecular weight is 245 g/mol. The van der Waals surface area contributed by atoms with Gasteiger partial charge < -0.3 is 4.42 Å². The third-order valence-electron chi connectivity index (χ3n) is 2.68. The van der Waals surface area contributed by atoms with Crippen molar-refractivity contribution in [2.75, 3.05) is 0 Å². The van der Waals surface area contributed by atoms with Gasteiger partial charge in [-0.1, -0.05) is 32.0 Å². The molecule has 0 bridgehead atoms. The maximum Gasteiger partial charge on any atom is 0.247 e. The molecule has 4 heteroatoms. The molecule has 0 saturated heterocycles. The second kappa shape index (κ2) is 5.04. The van der Waals surface area contributed by atoms with Crippen LogP contribution in [0, 0.1) is 16.0 Å². The van der Waals surface area contributed by atoms with E-state index >= 15 is 0 Å². The smallest absolute Gasteiger partial charge is 0.247 e. The summed E-state index contributed by atoms with van der Waals surface area (Å²) < 4.78 is 5.37. The molecule has 0 aliphatic heterocycles. The standard InChI is InChI=1S/C14H15NO3/c1-10(2)7-12(15(16)17)8-11-9-18-14-6-4-3-5-13(11)14/h3-6,8-10H,7H2,1-2H3/b12-8-. The summed E-state index contributed by atoms with van der Waals surface area (Å²) in [5.41, 5.74) is 1.73. The summed E-state index contributed by atoms with van der Waals surface area (Å²) in [6, 6.07) is 7.52. The van der Waals surface area contributed by atoms with Crippen molar-refractivity contribution in [3.8, 4) is 0 Å². The number of rotatable bonds is 4. The first-order chi connectivity index (χ1) is 8.58. The van der Waals surface area contributed by atoms with Crippen LogP contribution in [0.15, 0.2) is 40.6 Å². The van der Waals surface area contributed by atoms with Crippen molar-refractivity contribution < 1.29 is 9.34 Å². The first-order valence-corrected chi connectivity index (χ1v) is 5.89. The highest BCUT2D eigenvalue weighted by molar-refractivity contribution is 5.87. The largest absolute Gasteiger partial charge is 0.464 e. The molecule has 4 nitrogen and oxygen atoms in total. The van der Waals surface area contributed by atoms with Crippen molar-refractivity contribution in [1.29, 1.82) is 0 Å². The molecule has 0 spiro atoms. The maximum atomic E-state index is 11.0. The van der Waals surface area contributed by atoms with Crippen molar-refractivity contribution in [3.63, 3.8) is 0 Å². The fraction of sp³-hybridized carbons (Fsp3) is 0.286. The number of para-hydroxylation sites is 1. The molecule has 0 atom stereocenters. The molecule has 0 aliphatic carbocycles. The zero-order chi connectivity index (χ0) is 13.1. The van der Waals surface area contributed by atoms with Gasteiger partial charge in [0.25, 0.3) is 0 Å².